The van der Waals surface area contributed by atoms with Crippen LogP contribution >= 0.6 is 0 Å². The topological polar surface area (TPSA) is 9.23 Å². The predicted octanol–water partition coefficient (Wildman–Crippen LogP) is -0.834. The maximum atomic E-state index is 5.63. The first-order chi connectivity index (χ1) is 6.64. The lowest BCUT2D eigenvalue weighted by Gasteiger charge is -2.27. The molecule has 0 heterocycles. The number of hydrogen-bond donors (Lipinski definition) is 0. The van der Waals surface area contributed by atoms with Crippen LogP contribution in [-0.4, -0.2) is 38.3 Å². The molecule has 1 aromatic carbocycles. The van der Waals surface area contributed by atoms with Gasteiger partial charge in [0.25, 0.3) is 0 Å². The third-order valence-electron chi connectivity index (χ3n) is 2.56. The lowest BCUT2D eigenvalue weighted by Crippen LogP contribution is -3.00. The summed E-state index contributed by atoms with van der Waals surface area (Å²) >= 11 is 0. The summed E-state index contributed by atoms with van der Waals surface area (Å²) in [6, 6.07) is 9.97. The third kappa shape index (κ3) is 5.37. The Kier molecular flexibility index (Phi) is 5.94. The Morgan fingerprint density at radius 3 is 2.27 bits per heavy atom. The Balaban J connectivity index is 0.00000196. The van der Waals surface area contributed by atoms with Crippen molar-refractivity contribution in [1.29, 1.82) is 0 Å². The second-order valence-corrected chi connectivity index (χ2v) is 4.14. The Labute approximate surface area is 91.4 Å². The number of para-hydroxylation sites is 1. The molecule has 0 atom stereocenters. The fraction of sp³-hybridized carbons (Fsp3) is 0.500. The van der Waals surface area contributed by atoms with Crippen molar-refractivity contribution in [1.82, 2.24) is 0 Å². The van der Waals surface area contributed by atoms with Crippen LogP contribution in [0.3, 0.4) is 0 Å². The molecule has 0 unspecified atom stereocenters. The highest BCUT2D eigenvalue weighted by molar-refractivity contribution is 5.20. The van der Waals surface area contributed by atoms with Crippen LogP contribution in [0.2, 0.25) is 0 Å². The molecule has 0 radical (unpaired) electrons. The van der Waals surface area contributed by atoms with Crippen molar-refractivity contribution >= 4 is 0 Å². The first-order valence-electron chi connectivity index (χ1n) is 5.14. The Morgan fingerprint density at radius 1 is 1.13 bits per heavy atom. The summed E-state index contributed by atoms with van der Waals surface area (Å²) in [5, 5.41) is 0. The van der Waals surface area contributed by atoms with E-state index < -0.39 is 0 Å². The number of nitrogens with zero attached hydrogens (tertiary/aromatic N) is 1. The van der Waals surface area contributed by atoms with Gasteiger partial charge in [-0.1, -0.05) is 18.2 Å². The summed E-state index contributed by atoms with van der Waals surface area (Å²) in [5.41, 5.74) is 0. The lowest BCUT2D eigenvalue weighted by molar-refractivity contribution is -0.888. The standard InChI is InChI=1S/C12H20NO.FH/c1-4-13(2,3)10-11-14-12-8-6-5-7-9-12;/h5-9H,4,10-11H2,1-3H3;1H/q+1;/p-1. The van der Waals surface area contributed by atoms with Gasteiger partial charge in [0.1, 0.15) is 18.9 Å². The molecule has 0 aromatic heterocycles. The van der Waals surface area contributed by atoms with Crippen molar-refractivity contribution < 1.29 is 13.9 Å². The molecule has 0 aliphatic rings. The minimum absolute atomic E-state index is 0. The summed E-state index contributed by atoms with van der Waals surface area (Å²) in [7, 11) is 4.43. The number of benzene rings is 1. The van der Waals surface area contributed by atoms with E-state index in [0.717, 1.165) is 29.9 Å². The first kappa shape index (κ1) is 13.9. The average molecular weight is 213 g/mol. The lowest BCUT2D eigenvalue weighted by atomic mass is 10.3. The summed E-state index contributed by atoms with van der Waals surface area (Å²) in [6.07, 6.45) is 0. The van der Waals surface area contributed by atoms with Crippen LogP contribution in [0.25, 0.3) is 0 Å². The molecule has 0 saturated heterocycles. The molecule has 0 saturated carbocycles. The molecule has 2 nitrogen and oxygen atoms in total. The number of likely N-dealkylation sites (N-methyl/N-ethyl adjacent to an activating group) is 1. The van der Waals surface area contributed by atoms with Gasteiger partial charge >= 0.3 is 0 Å². The van der Waals surface area contributed by atoms with Gasteiger partial charge in [-0.15, -0.1) is 0 Å². The number of halogens is 1. The Morgan fingerprint density at radius 2 is 1.73 bits per heavy atom. The zero-order chi connectivity index (χ0) is 10.4. The van der Waals surface area contributed by atoms with Crippen LogP contribution in [0.15, 0.2) is 30.3 Å². The fourth-order valence-corrected chi connectivity index (χ4v) is 1.09. The smallest absolute Gasteiger partial charge is 0.137 e. The van der Waals surface area contributed by atoms with Gasteiger partial charge in [0.05, 0.1) is 20.6 Å². The molecule has 0 spiro atoms. The minimum atomic E-state index is 0. The van der Waals surface area contributed by atoms with Crippen LogP contribution in [-0.2, 0) is 0 Å². The monoisotopic (exact) mass is 213 g/mol. The molecule has 0 bridgehead atoms. The molecule has 0 aliphatic heterocycles. The van der Waals surface area contributed by atoms with Gasteiger partial charge in [-0.05, 0) is 19.1 Å². The van der Waals surface area contributed by atoms with Gasteiger partial charge in [-0.2, -0.15) is 0 Å². The van der Waals surface area contributed by atoms with E-state index in [1.807, 2.05) is 30.3 Å². The summed E-state index contributed by atoms with van der Waals surface area (Å²) in [6.45, 7) is 5.16. The van der Waals surface area contributed by atoms with Crippen LogP contribution in [0.1, 0.15) is 6.92 Å². The zero-order valence-corrected chi connectivity index (χ0v) is 9.74. The molecule has 1 rings (SSSR count). The van der Waals surface area contributed by atoms with E-state index in [9.17, 15) is 0 Å². The summed E-state index contributed by atoms with van der Waals surface area (Å²) in [5.74, 6) is 0.962. The van der Waals surface area contributed by atoms with E-state index >= 15 is 0 Å². The van der Waals surface area contributed by atoms with E-state index in [4.69, 9.17) is 4.74 Å². The van der Waals surface area contributed by atoms with E-state index in [1.165, 1.54) is 0 Å². The Bertz CT molecular complexity index is 262. The van der Waals surface area contributed by atoms with Crippen LogP contribution in [0.5, 0.6) is 5.75 Å². The number of quaternary nitrogens is 1. The Hall–Kier alpha value is -1.09. The van der Waals surface area contributed by atoms with E-state index in [-0.39, 0.29) is 4.70 Å². The zero-order valence-electron chi connectivity index (χ0n) is 9.74. The van der Waals surface area contributed by atoms with Crippen LogP contribution in [0, 0.1) is 0 Å². The van der Waals surface area contributed by atoms with E-state index in [0.29, 0.717) is 0 Å². The van der Waals surface area contributed by atoms with Gasteiger partial charge in [0.2, 0.25) is 0 Å². The third-order valence-corrected chi connectivity index (χ3v) is 2.56. The molecule has 15 heavy (non-hydrogen) atoms. The molecular formula is C12H20FNO. The second-order valence-electron chi connectivity index (χ2n) is 4.14. The van der Waals surface area contributed by atoms with Gasteiger partial charge < -0.3 is 13.9 Å². The molecule has 86 valence electrons. The van der Waals surface area contributed by atoms with Gasteiger partial charge in [0.15, 0.2) is 0 Å². The van der Waals surface area contributed by atoms with Crippen molar-refractivity contribution in [3.8, 4) is 5.75 Å². The molecular weight excluding hydrogens is 193 g/mol. The molecule has 0 aliphatic carbocycles. The highest BCUT2D eigenvalue weighted by Gasteiger charge is 2.10. The van der Waals surface area contributed by atoms with Crippen molar-refractivity contribution in [2.75, 3.05) is 33.8 Å². The highest BCUT2D eigenvalue weighted by Crippen LogP contribution is 2.08. The van der Waals surface area contributed by atoms with Crippen molar-refractivity contribution in [3.05, 3.63) is 30.3 Å². The predicted molar refractivity (Wildman–Crippen MR) is 59.5 cm³/mol. The van der Waals surface area contributed by atoms with Gasteiger partial charge in [-0.3, -0.25) is 0 Å². The largest absolute Gasteiger partial charge is 1.00 e. The normalized spacial score (nSPS) is 10.6. The first-order valence-corrected chi connectivity index (χ1v) is 5.14. The van der Waals surface area contributed by atoms with Crippen molar-refractivity contribution in [3.63, 3.8) is 0 Å². The molecule has 0 fully saturated rings. The minimum Gasteiger partial charge on any atom is -1.00 e. The summed E-state index contributed by atoms with van der Waals surface area (Å²) in [4.78, 5) is 0. The van der Waals surface area contributed by atoms with Crippen molar-refractivity contribution in [2.24, 2.45) is 0 Å². The SMILES string of the molecule is CC[N+](C)(C)CCOc1ccccc1.[F-]. The van der Waals surface area contributed by atoms with E-state index in [2.05, 4.69) is 21.0 Å². The van der Waals surface area contributed by atoms with Gasteiger partial charge in [0, 0.05) is 0 Å². The quantitative estimate of drug-likeness (QED) is 0.580. The maximum absolute atomic E-state index is 5.63. The molecule has 1 aromatic rings. The van der Waals surface area contributed by atoms with Gasteiger partial charge in [-0.25, -0.2) is 0 Å². The highest BCUT2D eigenvalue weighted by atomic mass is 19.0. The summed E-state index contributed by atoms with van der Waals surface area (Å²) < 4.78 is 6.63. The van der Waals surface area contributed by atoms with E-state index in [1.54, 1.807) is 0 Å². The number of ether oxygens (including phenoxy) is 1. The average Bonchev–Trinajstić information content (AvgIpc) is 2.19. The van der Waals surface area contributed by atoms with Crippen molar-refractivity contribution in [2.45, 2.75) is 6.92 Å². The number of rotatable bonds is 5. The fourth-order valence-electron chi connectivity index (χ4n) is 1.09. The van der Waals surface area contributed by atoms with Crippen LogP contribution < -0.4 is 9.44 Å². The second kappa shape index (κ2) is 6.40. The maximum Gasteiger partial charge on any atom is 0.137 e. The molecule has 0 N–H and O–H groups in total. The van der Waals surface area contributed by atoms with Crippen LogP contribution in [0.4, 0.5) is 0 Å². The molecule has 0 amide bonds. The number of hydrogen-bond acceptors (Lipinski definition) is 1. The molecule has 3 heteroatoms.